The lowest BCUT2D eigenvalue weighted by atomic mass is 9.99. The van der Waals surface area contributed by atoms with Crippen LogP contribution in [0, 0.1) is 5.92 Å². The van der Waals surface area contributed by atoms with Crippen molar-refractivity contribution in [1.29, 1.82) is 0 Å². The molecule has 1 N–H and O–H groups in total. The van der Waals surface area contributed by atoms with E-state index in [0.717, 1.165) is 17.8 Å². The van der Waals surface area contributed by atoms with Crippen LogP contribution in [0.3, 0.4) is 0 Å². The van der Waals surface area contributed by atoms with Crippen LogP contribution in [0.25, 0.3) is 5.82 Å². The summed E-state index contributed by atoms with van der Waals surface area (Å²) in [5, 5.41) is 7.20. The van der Waals surface area contributed by atoms with Crippen molar-refractivity contribution in [2.45, 2.75) is 6.42 Å². The fraction of sp³-hybridized carbons (Fsp3) is 0.333. The number of methoxy groups -OCH3 is 2. The van der Waals surface area contributed by atoms with E-state index in [-0.39, 0.29) is 11.8 Å². The molecule has 4 rings (SSSR count). The third kappa shape index (κ3) is 4.19. The molecule has 9 heteroatoms. The first kappa shape index (κ1) is 19.7. The van der Waals surface area contributed by atoms with Gasteiger partial charge in [-0.2, -0.15) is 5.10 Å². The molecule has 0 atom stereocenters. The summed E-state index contributed by atoms with van der Waals surface area (Å²) < 4.78 is 12.3. The molecular formula is C21H24N6O3. The first-order valence-electron chi connectivity index (χ1n) is 9.73. The third-order valence-corrected chi connectivity index (χ3v) is 5.11. The SMILES string of the molecule is COc1ccc(CCNC(=O)C2CN(c3cc(-n4cccn4)ncn3)C2)cc1OC. The summed E-state index contributed by atoms with van der Waals surface area (Å²) in [6, 6.07) is 9.50. The molecule has 9 nitrogen and oxygen atoms in total. The topological polar surface area (TPSA) is 94.4 Å². The van der Waals surface area contributed by atoms with Gasteiger partial charge in [-0.05, 0) is 30.2 Å². The Morgan fingerprint density at radius 1 is 1.13 bits per heavy atom. The van der Waals surface area contributed by atoms with Crippen LogP contribution >= 0.6 is 0 Å². The van der Waals surface area contributed by atoms with Crippen LogP contribution in [-0.2, 0) is 11.2 Å². The highest BCUT2D eigenvalue weighted by molar-refractivity contribution is 5.81. The molecule has 0 bridgehead atoms. The van der Waals surface area contributed by atoms with Crippen molar-refractivity contribution in [1.82, 2.24) is 25.1 Å². The Morgan fingerprint density at radius 3 is 2.67 bits per heavy atom. The van der Waals surface area contributed by atoms with Crippen LogP contribution in [0.1, 0.15) is 5.56 Å². The van der Waals surface area contributed by atoms with E-state index in [1.165, 1.54) is 6.33 Å². The molecule has 0 spiro atoms. The van der Waals surface area contributed by atoms with Crippen LogP contribution in [0.5, 0.6) is 11.5 Å². The molecule has 0 aliphatic carbocycles. The molecule has 2 aromatic heterocycles. The molecule has 3 heterocycles. The van der Waals surface area contributed by atoms with Crippen LogP contribution < -0.4 is 19.7 Å². The number of benzene rings is 1. The highest BCUT2D eigenvalue weighted by Crippen LogP contribution is 2.27. The number of nitrogens with zero attached hydrogens (tertiary/aromatic N) is 5. The zero-order chi connectivity index (χ0) is 20.9. The largest absolute Gasteiger partial charge is 0.493 e. The second-order valence-electron chi connectivity index (χ2n) is 7.02. The molecule has 1 aromatic carbocycles. The Bertz CT molecular complexity index is 1000. The van der Waals surface area contributed by atoms with Gasteiger partial charge in [0.15, 0.2) is 17.3 Å². The summed E-state index contributed by atoms with van der Waals surface area (Å²) in [5.41, 5.74) is 1.08. The van der Waals surface area contributed by atoms with E-state index in [1.54, 1.807) is 25.1 Å². The summed E-state index contributed by atoms with van der Waals surface area (Å²) in [5.74, 6) is 2.90. The van der Waals surface area contributed by atoms with Gasteiger partial charge in [-0.1, -0.05) is 6.07 Å². The number of nitrogens with one attached hydrogen (secondary N) is 1. The molecule has 0 saturated carbocycles. The second kappa shape index (κ2) is 8.81. The molecule has 3 aromatic rings. The monoisotopic (exact) mass is 408 g/mol. The molecule has 1 aliphatic rings. The molecule has 156 valence electrons. The number of anilines is 1. The normalized spacial score (nSPS) is 13.6. The maximum Gasteiger partial charge on any atom is 0.226 e. The van der Waals surface area contributed by atoms with Crippen LogP contribution in [0.2, 0.25) is 0 Å². The van der Waals surface area contributed by atoms with E-state index >= 15 is 0 Å². The van der Waals surface area contributed by atoms with E-state index < -0.39 is 0 Å². The van der Waals surface area contributed by atoms with E-state index in [9.17, 15) is 4.79 Å². The van der Waals surface area contributed by atoms with Gasteiger partial charge in [0.05, 0.1) is 20.1 Å². The fourth-order valence-corrected chi connectivity index (χ4v) is 3.38. The second-order valence-corrected chi connectivity index (χ2v) is 7.02. The lowest BCUT2D eigenvalue weighted by Gasteiger charge is -2.39. The van der Waals surface area contributed by atoms with Gasteiger partial charge in [-0.25, -0.2) is 14.6 Å². The summed E-state index contributed by atoms with van der Waals surface area (Å²) in [6.45, 7) is 1.84. The van der Waals surface area contributed by atoms with Gasteiger partial charge in [0.25, 0.3) is 0 Å². The predicted molar refractivity (Wildman–Crippen MR) is 111 cm³/mol. The van der Waals surface area contributed by atoms with Gasteiger partial charge in [0.2, 0.25) is 5.91 Å². The van der Waals surface area contributed by atoms with Gasteiger partial charge in [-0.3, -0.25) is 4.79 Å². The summed E-state index contributed by atoms with van der Waals surface area (Å²) >= 11 is 0. The van der Waals surface area contributed by atoms with E-state index in [2.05, 4.69) is 25.3 Å². The fourth-order valence-electron chi connectivity index (χ4n) is 3.38. The Morgan fingerprint density at radius 2 is 1.93 bits per heavy atom. The minimum Gasteiger partial charge on any atom is -0.493 e. The van der Waals surface area contributed by atoms with Crippen molar-refractivity contribution < 1.29 is 14.3 Å². The lowest BCUT2D eigenvalue weighted by Crippen LogP contribution is -2.54. The van der Waals surface area contributed by atoms with Crippen LogP contribution in [-0.4, -0.2) is 59.5 Å². The molecule has 0 radical (unpaired) electrons. The molecule has 1 saturated heterocycles. The number of rotatable bonds is 8. The zero-order valence-corrected chi connectivity index (χ0v) is 17.0. The standard InChI is InChI=1S/C21H24N6O3/c1-29-17-5-4-15(10-18(17)30-2)6-8-22-21(28)16-12-26(13-16)19-11-20(24-14-23-19)27-9-3-7-25-27/h3-5,7,9-11,14,16H,6,8,12-13H2,1-2H3,(H,22,28). The highest BCUT2D eigenvalue weighted by atomic mass is 16.5. The quantitative estimate of drug-likeness (QED) is 0.603. The number of ether oxygens (including phenoxy) is 2. The minimum absolute atomic E-state index is 0.0430. The summed E-state index contributed by atoms with van der Waals surface area (Å²) in [7, 11) is 3.22. The Balaban J connectivity index is 1.26. The maximum absolute atomic E-state index is 12.4. The van der Waals surface area contributed by atoms with E-state index in [1.807, 2.05) is 36.5 Å². The summed E-state index contributed by atoms with van der Waals surface area (Å²) in [4.78, 5) is 23.1. The smallest absolute Gasteiger partial charge is 0.226 e. The Hall–Kier alpha value is -3.62. The minimum atomic E-state index is -0.0430. The van der Waals surface area contributed by atoms with Gasteiger partial charge < -0.3 is 19.7 Å². The van der Waals surface area contributed by atoms with Gasteiger partial charge in [0, 0.05) is 38.1 Å². The number of amides is 1. The number of carbonyl (C=O) groups is 1. The molecule has 30 heavy (non-hydrogen) atoms. The van der Waals surface area contributed by atoms with Crippen molar-refractivity contribution in [3.05, 3.63) is 54.6 Å². The van der Waals surface area contributed by atoms with Crippen LogP contribution in [0.15, 0.2) is 49.1 Å². The number of carbonyl (C=O) groups excluding carboxylic acids is 1. The van der Waals surface area contributed by atoms with Crippen molar-refractivity contribution in [3.8, 4) is 17.3 Å². The van der Waals surface area contributed by atoms with E-state index in [0.29, 0.717) is 37.0 Å². The predicted octanol–water partition coefficient (Wildman–Crippen LogP) is 1.47. The average molecular weight is 408 g/mol. The molecule has 1 aliphatic heterocycles. The van der Waals surface area contributed by atoms with Crippen LogP contribution in [0.4, 0.5) is 5.82 Å². The van der Waals surface area contributed by atoms with Crippen molar-refractivity contribution in [2.75, 3.05) is 38.8 Å². The van der Waals surface area contributed by atoms with Gasteiger partial charge >= 0.3 is 0 Å². The first-order valence-corrected chi connectivity index (χ1v) is 9.73. The zero-order valence-electron chi connectivity index (χ0n) is 17.0. The van der Waals surface area contributed by atoms with Crippen molar-refractivity contribution in [2.24, 2.45) is 5.92 Å². The Labute approximate surface area is 174 Å². The van der Waals surface area contributed by atoms with Crippen molar-refractivity contribution >= 4 is 11.7 Å². The average Bonchev–Trinajstić information content (AvgIpc) is 3.28. The molecule has 1 amide bonds. The van der Waals surface area contributed by atoms with Gasteiger partial charge in [0.1, 0.15) is 12.1 Å². The van der Waals surface area contributed by atoms with Crippen molar-refractivity contribution in [3.63, 3.8) is 0 Å². The molecule has 0 unspecified atom stereocenters. The third-order valence-electron chi connectivity index (χ3n) is 5.11. The lowest BCUT2D eigenvalue weighted by molar-refractivity contribution is -0.125. The number of aromatic nitrogens is 4. The molecule has 1 fully saturated rings. The Kier molecular flexibility index (Phi) is 5.78. The highest BCUT2D eigenvalue weighted by Gasteiger charge is 2.33. The number of hydrogen-bond donors (Lipinski definition) is 1. The molecular weight excluding hydrogens is 384 g/mol. The van der Waals surface area contributed by atoms with Gasteiger partial charge in [-0.15, -0.1) is 0 Å². The maximum atomic E-state index is 12.4. The summed E-state index contributed by atoms with van der Waals surface area (Å²) in [6.07, 6.45) is 5.77. The van der Waals surface area contributed by atoms with E-state index in [4.69, 9.17) is 9.47 Å². The number of hydrogen-bond acceptors (Lipinski definition) is 7. The first-order chi connectivity index (χ1) is 14.7.